The molecule has 4 aliphatic rings. The fourth-order valence-electron chi connectivity index (χ4n) is 5.54. The van der Waals surface area contributed by atoms with Crippen LogP contribution in [0, 0.1) is 40.4 Å². The van der Waals surface area contributed by atoms with Gasteiger partial charge < -0.3 is 10.6 Å². The second-order valence-corrected chi connectivity index (χ2v) is 8.12. The van der Waals surface area contributed by atoms with Crippen LogP contribution >= 0.6 is 0 Å². The zero-order valence-corrected chi connectivity index (χ0v) is 14.7. The Morgan fingerprint density at radius 1 is 1.08 bits per heavy atom. The van der Waals surface area contributed by atoms with Crippen molar-refractivity contribution < 1.29 is 4.79 Å². The molecule has 26 heavy (non-hydrogen) atoms. The molecule has 4 aliphatic carbocycles. The van der Waals surface area contributed by atoms with E-state index in [1.807, 2.05) is 12.1 Å². The van der Waals surface area contributed by atoms with Gasteiger partial charge in [0.05, 0.1) is 11.3 Å². The van der Waals surface area contributed by atoms with Crippen molar-refractivity contribution in [1.82, 2.24) is 5.32 Å². The van der Waals surface area contributed by atoms with Crippen LogP contribution < -0.4 is 10.6 Å². The molecule has 0 radical (unpaired) electrons. The van der Waals surface area contributed by atoms with E-state index < -0.39 is 5.91 Å². The van der Waals surface area contributed by atoms with Crippen LogP contribution in [-0.2, 0) is 4.79 Å². The van der Waals surface area contributed by atoms with E-state index in [9.17, 15) is 10.1 Å². The monoisotopic (exact) mass is 346 g/mol. The van der Waals surface area contributed by atoms with Crippen molar-refractivity contribution in [2.75, 3.05) is 5.32 Å². The summed E-state index contributed by atoms with van der Waals surface area (Å²) in [4.78, 5) is 12.5. The molecular formula is C21H22N4O. The summed E-state index contributed by atoms with van der Waals surface area (Å²) >= 11 is 0. The number of para-hydroxylation sites is 1. The fourth-order valence-corrected chi connectivity index (χ4v) is 5.54. The first-order valence-electron chi connectivity index (χ1n) is 9.29. The molecule has 0 heterocycles. The van der Waals surface area contributed by atoms with Gasteiger partial charge in [0.1, 0.15) is 17.7 Å². The van der Waals surface area contributed by atoms with Crippen LogP contribution in [0.15, 0.2) is 36.0 Å². The summed E-state index contributed by atoms with van der Waals surface area (Å²) in [5, 5.41) is 24.7. The minimum Gasteiger partial charge on any atom is -0.384 e. The predicted molar refractivity (Wildman–Crippen MR) is 97.5 cm³/mol. The average Bonchev–Trinajstić information content (AvgIpc) is 2.61. The van der Waals surface area contributed by atoms with Crippen LogP contribution in [-0.4, -0.2) is 11.4 Å². The maximum atomic E-state index is 12.5. The zero-order valence-electron chi connectivity index (χ0n) is 14.7. The largest absolute Gasteiger partial charge is 0.384 e. The topological polar surface area (TPSA) is 88.7 Å². The van der Waals surface area contributed by atoms with Crippen LogP contribution in [0.5, 0.6) is 0 Å². The lowest BCUT2D eigenvalue weighted by Crippen LogP contribution is -2.57. The van der Waals surface area contributed by atoms with Gasteiger partial charge in [0.15, 0.2) is 0 Å². The van der Waals surface area contributed by atoms with Gasteiger partial charge >= 0.3 is 0 Å². The van der Waals surface area contributed by atoms with Gasteiger partial charge in [0, 0.05) is 11.7 Å². The van der Waals surface area contributed by atoms with E-state index in [0.29, 0.717) is 11.3 Å². The highest BCUT2D eigenvalue weighted by Gasteiger charge is 2.50. The summed E-state index contributed by atoms with van der Waals surface area (Å²) in [5.74, 6) is 1.91. The second-order valence-electron chi connectivity index (χ2n) is 8.12. The van der Waals surface area contributed by atoms with Gasteiger partial charge in [-0.05, 0) is 68.4 Å². The molecule has 5 heteroatoms. The van der Waals surface area contributed by atoms with E-state index in [2.05, 4.69) is 10.6 Å². The van der Waals surface area contributed by atoms with E-state index in [1.54, 1.807) is 30.5 Å². The van der Waals surface area contributed by atoms with Gasteiger partial charge in [0.25, 0.3) is 5.91 Å². The standard InChI is InChI=1S/C21H22N4O/c22-11-17-3-1-2-4-19(17)25-20(26)18(12-23)13-24-21-8-14-5-15(9-21)7-16(6-14)10-21/h1-4,13-16,24H,5-10H2,(H,25,26)/b18-13-. The van der Waals surface area contributed by atoms with E-state index >= 15 is 0 Å². The molecule has 1 amide bonds. The third-order valence-electron chi connectivity index (χ3n) is 6.22. The Hall–Kier alpha value is -2.79. The number of amides is 1. The minimum atomic E-state index is -0.479. The molecule has 1 aromatic carbocycles. The quantitative estimate of drug-likeness (QED) is 0.645. The summed E-state index contributed by atoms with van der Waals surface area (Å²) in [7, 11) is 0. The van der Waals surface area contributed by atoms with Gasteiger partial charge in [-0.25, -0.2) is 0 Å². The maximum absolute atomic E-state index is 12.5. The summed E-state index contributed by atoms with van der Waals surface area (Å²) in [6.45, 7) is 0. The number of carbonyl (C=O) groups is 1. The third-order valence-corrected chi connectivity index (χ3v) is 6.22. The van der Waals surface area contributed by atoms with Crippen molar-refractivity contribution in [3.8, 4) is 12.1 Å². The number of nitrogens with one attached hydrogen (secondary N) is 2. The molecule has 0 saturated heterocycles. The number of benzene rings is 1. The highest BCUT2D eigenvalue weighted by molar-refractivity contribution is 6.07. The number of anilines is 1. The van der Waals surface area contributed by atoms with Crippen LogP contribution in [0.4, 0.5) is 5.69 Å². The summed E-state index contributed by atoms with van der Waals surface area (Å²) in [6.07, 6.45) is 9.08. The highest BCUT2D eigenvalue weighted by Crippen LogP contribution is 2.55. The van der Waals surface area contributed by atoms with Gasteiger partial charge in [-0.1, -0.05) is 12.1 Å². The lowest BCUT2D eigenvalue weighted by atomic mass is 9.53. The van der Waals surface area contributed by atoms with E-state index in [4.69, 9.17) is 5.26 Å². The van der Waals surface area contributed by atoms with E-state index in [1.165, 1.54) is 19.3 Å². The number of hydrogen-bond donors (Lipinski definition) is 2. The van der Waals surface area contributed by atoms with Crippen LogP contribution in [0.25, 0.3) is 0 Å². The molecular weight excluding hydrogens is 324 g/mol. The Bertz CT molecular complexity index is 807. The van der Waals surface area contributed by atoms with Crippen molar-refractivity contribution in [3.05, 3.63) is 41.6 Å². The number of nitrogens with zero attached hydrogens (tertiary/aromatic N) is 2. The molecule has 4 fully saturated rings. The fraction of sp³-hybridized carbons (Fsp3) is 0.476. The number of carbonyl (C=O) groups excluding carboxylic acids is 1. The first-order valence-corrected chi connectivity index (χ1v) is 9.29. The molecule has 4 saturated carbocycles. The lowest BCUT2D eigenvalue weighted by Gasteiger charge is -2.56. The molecule has 4 bridgehead atoms. The number of nitriles is 2. The molecule has 0 atom stereocenters. The SMILES string of the molecule is N#C/C(=C/NC12CC3CC(CC(C3)C1)C2)C(=O)Nc1ccccc1C#N. The maximum Gasteiger partial charge on any atom is 0.267 e. The summed E-state index contributed by atoms with van der Waals surface area (Å²) < 4.78 is 0. The molecule has 2 N–H and O–H groups in total. The first-order chi connectivity index (χ1) is 12.6. The summed E-state index contributed by atoms with van der Waals surface area (Å²) in [6, 6.07) is 10.8. The number of rotatable bonds is 4. The third kappa shape index (κ3) is 3.06. The Balaban J connectivity index is 1.48. The van der Waals surface area contributed by atoms with Crippen molar-refractivity contribution in [2.24, 2.45) is 17.8 Å². The van der Waals surface area contributed by atoms with Crippen LogP contribution in [0.1, 0.15) is 44.1 Å². The number of hydrogen-bond acceptors (Lipinski definition) is 4. The molecule has 0 aliphatic heterocycles. The predicted octanol–water partition coefficient (Wildman–Crippen LogP) is 3.46. The Morgan fingerprint density at radius 3 is 2.27 bits per heavy atom. The molecule has 132 valence electrons. The van der Waals surface area contributed by atoms with Crippen molar-refractivity contribution >= 4 is 11.6 Å². The molecule has 1 aromatic rings. The van der Waals surface area contributed by atoms with Crippen molar-refractivity contribution in [1.29, 1.82) is 10.5 Å². The zero-order chi connectivity index (χ0) is 18.1. The van der Waals surface area contributed by atoms with E-state index in [-0.39, 0.29) is 11.1 Å². The molecule has 5 rings (SSSR count). The smallest absolute Gasteiger partial charge is 0.267 e. The lowest BCUT2D eigenvalue weighted by molar-refractivity contribution is -0.112. The Labute approximate surface area is 153 Å². The van der Waals surface area contributed by atoms with Gasteiger partial charge in [-0.3, -0.25) is 4.79 Å². The van der Waals surface area contributed by atoms with Crippen LogP contribution in [0.3, 0.4) is 0 Å². The van der Waals surface area contributed by atoms with Crippen LogP contribution in [0.2, 0.25) is 0 Å². The van der Waals surface area contributed by atoms with Crippen molar-refractivity contribution in [3.63, 3.8) is 0 Å². The minimum absolute atomic E-state index is 0.0495. The Kier molecular flexibility index (Phi) is 4.17. The normalized spacial score (nSPS) is 31.8. The molecule has 5 nitrogen and oxygen atoms in total. The van der Waals surface area contributed by atoms with Gasteiger partial charge in [-0.2, -0.15) is 10.5 Å². The van der Waals surface area contributed by atoms with Gasteiger partial charge in [0.2, 0.25) is 0 Å². The van der Waals surface area contributed by atoms with E-state index in [0.717, 1.165) is 37.0 Å². The first kappa shape index (κ1) is 16.7. The summed E-state index contributed by atoms with van der Waals surface area (Å²) in [5.41, 5.74) is 0.915. The van der Waals surface area contributed by atoms with Crippen molar-refractivity contribution in [2.45, 2.75) is 44.1 Å². The second kappa shape index (κ2) is 6.50. The average molecular weight is 346 g/mol. The highest BCUT2D eigenvalue weighted by atomic mass is 16.1. The van der Waals surface area contributed by atoms with Gasteiger partial charge in [-0.15, -0.1) is 0 Å². The molecule has 0 unspecified atom stereocenters. The molecule has 0 spiro atoms. The Morgan fingerprint density at radius 2 is 1.69 bits per heavy atom. The molecule has 0 aromatic heterocycles.